The highest BCUT2D eigenvalue weighted by atomic mass is 32.1. The summed E-state index contributed by atoms with van der Waals surface area (Å²) in [7, 11) is 2.20. The van der Waals surface area contributed by atoms with E-state index in [1.54, 1.807) is 11.3 Å². The molecule has 0 radical (unpaired) electrons. The predicted molar refractivity (Wildman–Crippen MR) is 58.0 cm³/mol. The van der Waals surface area contributed by atoms with Gasteiger partial charge >= 0.3 is 0 Å². The first-order valence-electron chi connectivity index (χ1n) is 4.77. The lowest BCUT2D eigenvalue weighted by Gasteiger charge is -2.08. The van der Waals surface area contributed by atoms with Crippen molar-refractivity contribution in [2.24, 2.45) is 5.92 Å². The first-order valence-corrected chi connectivity index (χ1v) is 5.58. The first kappa shape index (κ1) is 9.03. The fraction of sp³-hybridized carbons (Fsp3) is 0.600. The molecule has 2 N–H and O–H groups in total. The van der Waals surface area contributed by atoms with E-state index < -0.39 is 0 Å². The van der Waals surface area contributed by atoms with Gasteiger partial charge in [0.05, 0.1) is 5.00 Å². The Morgan fingerprint density at radius 1 is 1.62 bits per heavy atom. The van der Waals surface area contributed by atoms with Crippen LogP contribution in [0.1, 0.15) is 11.3 Å². The van der Waals surface area contributed by atoms with Gasteiger partial charge in [-0.05, 0) is 44.5 Å². The van der Waals surface area contributed by atoms with E-state index in [2.05, 4.69) is 18.0 Å². The lowest BCUT2D eigenvalue weighted by molar-refractivity contribution is 0.395. The number of hydrogen-bond donors (Lipinski definition) is 1. The quantitative estimate of drug-likeness (QED) is 0.782. The largest absolute Gasteiger partial charge is 0.391 e. The molecule has 0 bridgehead atoms. The maximum Gasteiger partial charge on any atom is 0.0859 e. The van der Waals surface area contributed by atoms with E-state index in [0.29, 0.717) is 0 Å². The highest BCUT2D eigenvalue weighted by molar-refractivity contribution is 7.15. The molecule has 1 atom stereocenters. The summed E-state index contributed by atoms with van der Waals surface area (Å²) >= 11 is 1.74. The van der Waals surface area contributed by atoms with Crippen LogP contribution in [0.25, 0.3) is 0 Å². The average molecular weight is 196 g/mol. The Kier molecular flexibility index (Phi) is 2.56. The summed E-state index contributed by atoms with van der Waals surface area (Å²) in [6, 6.07) is 4.18. The third kappa shape index (κ3) is 2.23. The highest BCUT2D eigenvalue weighted by Crippen LogP contribution is 2.25. The summed E-state index contributed by atoms with van der Waals surface area (Å²) in [5.74, 6) is 0.850. The molecular weight excluding hydrogens is 180 g/mol. The van der Waals surface area contributed by atoms with Crippen molar-refractivity contribution in [1.29, 1.82) is 0 Å². The molecule has 0 aromatic carbocycles. The van der Waals surface area contributed by atoms with Crippen LogP contribution in [-0.4, -0.2) is 25.0 Å². The SMILES string of the molecule is CN1CC[C@@H](Cc2ccc(N)s2)C1. The van der Waals surface area contributed by atoms with Crippen LogP contribution in [0.5, 0.6) is 0 Å². The van der Waals surface area contributed by atoms with Crippen LogP contribution in [-0.2, 0) is 6.42 Å². The second-order valence-electron chi connectivity index (χ2n) is 3.93. The van der Waals surface area contributed by atoms with Crippen molar-refractivity contribution in [2.45, 2.75) is 12.8 Å². The van der Waals surface area contributed by atoms with Crippen LogP contribution in [0.4, 0.5) is 5.00 Å². The molecule has 2 nitrogen and oxygen atoms in total. The van der Waals surface area contributed by atoms with Gasteiger partial charge in [0, 0.05) is 11.4 Å². The highest BCUT2D eigenvalue weighted by Gasteiger charge is 2.19. The van der Waals surface area contributed by atoms with E-state index in [9.17, 15) is 0 Å². The zero-order valence-electron chi connectivity index (χ0n) is 7.99. The average Bonchev–Trinajstić information content (AvgIpc) is 2.62. The van der Waals surface area contributed by atoms with Gasteiger partial charge in [-0.2, -0.15) is 0 Å². The molecule has 0 unspecified atom stereocenters. The van der Waals surface area contributed by atoms with Gasteiger partial charge in [-0.25, -0.2) is 0 Å². The van der Waals surface area contributed by atoms with Gasteiger partial charge < -0.3 is 10.6 Å². The van der Waals surface area contributed by atoms with E-state index in [1.807, 2.05) is 6.07 Å². The molecule has 0 spiro atoms. The summed E-state index contributed by atoms with van der Waals surface area (Å²) in [6.07, 6.45) is 2.56. The van der Waals surface area contributed by atoms with Crippen LogP contribution < -0.4 is 5.73 Å². The number of likely N-dealkylation sites (tertiary alicyclic amines) is 1. The van der Waals surface area contributed by atoms with Crippen molar-refractivity contribution in [1.82, 2.24) is 4.90 Å². The van der Waals surface area contributed by atoms with Crippen molar-refractivity contribution in [3.8, 4) is 0 Å². The number of hydrogen-bond acceptors (Lipinski definition) is 3. The standard InChI is InChI=1S/C10H16N2S/c1-12-5-4-8(7-12)6-9-2-3-10(11)13-9/h2-3,8H,4-7,11H2,1H3/t8-/m0/s1. The molecule has 2 rings (SSSR count). The van der Waals surface area contributed by atoms with Crippen LogP contribution in [0.15, 0.2) is 12.1 Å². The van der Waals surface area contributed by atoms with Crippen molar-refractivity contribution in [3.63, 3.8) is 0 Å². The maximum atomic E-state index is 5.69. The third-order valence-electron chi connectivity index (χ3n) is 2.66. The van der Waals surface area contributed by atoms with Crippen molar-refractivity contribution in [3.05, 3.63) is 17.0 Å². The topological polar surface area (TPSA) is 29.3 Å². The second-order valence-corrected chi connectivity index (χ2v) is 5.13. The fourth-order valence-electron chi connectivity index (χ4n) is 1.98. The summed E-state index contributed by atoms with van der Waals surface area (Å²) in [4.78, 5) is 3.85. The summed E-state index contributed by atoms with van der Waals surface area (Å²) < 4.78 is 0. The number of anilines is 1. The molecule has 1 aliphatic rings. The normalized spacial score (nSPS) is 23.9. The smallest absolute Gasteiger partial charge is 0.0859 e. The Balaban J connectivity index is 1.91. The predicted octanol–water partition coefficient (Wildman–Crippen LogP) is 1.82. The molecule has 1 aromatic heterocycles. The molecule has 1 fully saturated rings. The van der Waals surface area contributed by atoms with Gasteiger partial charge in [-0.3, -0.25) is 0 Å². The number of nitrogens with two attached hydrogens (primary N) is 1. The number of rotatable bonds is 2. The minimum atomic E-state index is 0.850. The maximum absolute atomic E-state index is 5.69. The fourth-order valence-corrected chi connectivity index (χ4v) is 2.88. The summed E-state index contributed by atoms with van der Waals surface area (Å²) in [5.41, 5.74) is 5.69. The monoisotopic (exact) mass is 196 g/mol. The second kappa shape index (κ2) is 3.68. The molecule has 13 heavy (non-hydrogen) atoms. The molecule has 3 heteroatoms. The molecule has 0 saturated carbocycles. The van der Waals surface area contributed by atoms with Gasteiger partial charge in [-0.1, -0.05) is 0 Å². The van der Waals surface area contributed by atoms with Gasteiger partial charge in [-0.15, -0.1) is 11.3 Å². The van der Waals surface area contributed by atoms with E-state index in [-0.39, 0.29) is 0 Å². The Morgan fingerprint density at radius 2 is 2.46 bits per heavy atom. The van der Waals surface area contributed by atoms with Gasteiger partial charge in [0.15, 0.2) is 0 Å². The Labute approximate surface area is 83.4 Å². The zero-order valence-corrected chi connectivity index (χ0v) is 8.81. The number of nitrogen functional groups attached to an aromatic ring is 1. The summed E-state index contributed by atoms with van der Waals surface area (Å²) in [6.45, 7) is 2.50. The molecular formula is C10H16N2S. The lowest BCUT2D eigenvalue weighted by atomic mass is 10.0. The van der Waals surface area contributed by atoms with E-state index >= 15 is 0 Å². The van der Waals surface area contributed by atoms with Crippen LogP contribution in [0.3, 0.4) is 0 Å². The lowest BCUT2D eigenvalue weighted by Crippen LogP contribution is -2.14. The van der Waals surface area contributed by atoms with Crippen LogP contribution in [0.2, 0.25) is 0 Å². The van der Waals surface area contributed by atoms with Crippen molar-refractivity contribution in [2.75, 3.05) is 25.9 Å². The molecule has 1 saturated heterocycles. The van der Waals surface area contributed by atoms with Crippen molar-refractivity contribution >= 4 is 16.3 Å². The van der Waals surface area contributed by atoms with E-state index in [1.165, 1.54) is 30.8 Å². The van der Waals surface area contributed by atoms with Gasteiger partial charge in [0.2, 0.25) is 0 Å². The van der Waals surface area contributed by atoms with Crippen molar-refractivity contribution < 1.29 is 0 Å². The molecule has 1 aliphatic heterocycles. The summed E-state index contributed by atoms with van der Waals surface area (Å²) in [5, 5.41) is 0.946. The molecule has 0 aliphatic carbocycles. The molecule has 1 aromatic rings. The molecule has 72 valence electrons. The Hall–Kier alpha value is -0.540. The minimum absolute atomic E-state index is 0.850. The Bertz CT molecular complexity index is 282. The Morgan fingerprint density at radius 3 is 3.00 bits per heavy atom. The van der Waals surface area contributed by atoms with E-state index in [4.69, 9.17) is 5.73 Å². The van der Waals surface area contributed by atoms with Crippen LogP contribution in [0, 0.1) is 5.92 Å². The number of thiophene rings is 1. The number of nitrogens with zero attached hydrogens (tertiary/aromatic N) is 1. The third-order valence-corrected chi connectivity index (χ3v) is 3.60. The minimum Gasteiger partial charge on any atom is -0.391 e. The van der Waals surface area contributed by atoms with Gasteiger partial charge in [0.1, 0.15) is 0 Å². The van der Waals surface area contributed by atoms with Crippen LogP contribution >= 0.6 is 11.3 Å². The van der Waals surface area contributed by atoms with E-state index in [0.717, 1.165) is 10.9 Å². The first-order chi connectivity index (χ1) is 6.24. The van der Waals surface area contributed by atoms with Gasteiger partial charge in [0.25, 0.3) is 0 Å². The zero-order chi connectivity index (χ0) is 9.26. The molecule has 0 amide bonds. The molecule has 2 heterocycles.